The summed E-state index contributed by atoms with van der Waals surface area (Å²) in [5, 5.41) is 2.79. The molecular weight excluding hydrogens is 360 g/mol. The molecule has 0 unspecified atom stereocenters. The Morgan fingerprint density at radius 1 is 0.963 bits per heavy atom. The third-order valence-corrected chi connectivity index (χ3v) is 4.98. The molecule has 1 aliphatic heterocycles. The van der Waals surface area contributed by atoms with Crippen molar-refractivity contribution in [1.82, 2.24) is 10.2 Å². The molecule has 0 spiro atoms. The van der Waals surface area contributed by atoms with Crippen molar-refractivity contribution in [2.75, 3.05) is 14.1 Å². The van der Waals surface area contributed by atoms with Gasteiger partial charge in [-0.05, 0) is 61.2 Å². The monoisotopic (exact) mass is 382 g/mol. The summed E-state index contributed by atoms with van der Waals surface area (Å²) in [4.78, 5) is 25.5. The second-order valence-corrected chi connectivity index (χ2v) is 7.05. The number of para-hydroxylation sites is 1. The zero-order valence-corrected chi connectivity index (χ0v) is 16.3. The minimum atomic E-state index is -0.306. The first-order chi connectivity index (χ1) is 13.0. The van der Waals surface area contributed by atoms with Gasteiger partial charge >= 0.3 is 0 Å². The van der Waals surface area contributed by atoms with Crippen LogP contribution in [0.1, 0.15) is 44.7 Å². The number of benzene rings is 2. The summed E-state index contributed by atoms with van der Waals surface area (Å²) in [6, 6.07) is 13.3. The maximum atomic E-state index is 12.0. The van der Waals surface area contributed by atoms with Gasteiger partial charge < -0.3 is 9.64 Å². The van der Waals surface area contributed by atoms with Gasteiger partial charge in [0.1, 0.15) is 5.75 Å². The van der Waals surface area contributed by atoms with E-state index in [4.69, 9.17) is 17.0 Å². The summed E-state index contributed by atoms with van der Waals surface area (Å²) in [6.45, 7) is 0. The van der Waals surface area contributed by atoms with Crippen LogP contribution in [0.25, 0.3) is 0 Å². The van der Waals surface area contributed by atoms with Crippen molar-refractivity contribution in [3.8, 4) is 5.75 Å². The average Bonchev–Trinajstić information content (AvgIpc) is 2.94. The van der Waals surface area contributed by atoms with Crippen LogP contribution in [0.2, 0.25) is 0 Å². The van der Waals surface area contributed by atoms with Gasteiger partial charge in [-0.15, -0.1) is 0 Å². The number of unbranched alkanes of at least 4 members (excludes halogenated alkanes) is 1. The Morgan fingerprint density at radius 3 is 2.37 bits per heavy atom. The van der Waals surface area contributed by atoms with Crippen LogP contribution < -0.4 is 10.1 Å². The first-order valence-electron chi connectivity index (χ1n) is 8.92. The minimum Gasteiger partial charge on any atom is -0.432 e. The third-order valence-electron chi connectivity index (χ3n) is 4.53. The number of imide groups is 1. The predicted octanol–water partition coefficient (Wildman–Crippen LogP) is 3.36. The highest BCUT2D eigenvalue weighted by atomic mass is 32.1. The van der Waals surface area contributed by atoms with E-state index in [-0.39, 0.29) is 11.8 Å². The van der Waals surface area contributed by atoms with Crippen molar-refractivity contribution in [1.29, 1.82) is 0 Å². The number of rotatable bonds is 6. The van der Waals surface area contributed by atoms with E-state index in [1.54, 1.807) is 11.0 Å². The quantitative estimate of drug-likeness (QED) is 0.472. The fraction of sp³-hybridized carbons (Fsp3) is 0.286. The van der Waals surface area contributed by atoms with Crippen LogP contribution in [0.4, 0.5) is 0 Å². The van der Waals surface area contributed by atoms with Crippen molar-refractivity contribution < 1.29 is 14.3 Å². The summed E-state index contributed by atoms with van der Waals surface area (Å²) < 4.78 is 5.78. The predicted molar refractivity (Wildman–Crippen MR) is 108 cm³/mol. The molecule has 140 valence electrons. The highest BCUT2D eigenvalue weighted by Gasteiger charge is 2.28. The van der Waals surface area contributed by atoms with Crippen molar-refractivity contribution in [3.63, 3.8) is 0 Å². The Kier molecular flexibility index (Phi) is 5.86. The number of fused-ring (bicyclic) bond motifs is 1. The molecule has 6 heteroatoms. The number of hydrogen-bond donors (Lipinski definition) is 1. The highest BCUT2D eigenvalue weighted by Crippen LogP contribution is 2.24. The fourth-order valence-electron chi connectivity index (χ4n) is 3.12. The van der Waals surface area contributed by atoms with Crippen LogP contribution in [0.5, 0.6) is 5.75 Å². The molecule has 1 aliphatic rings. The van der Waals surface area contributed by atoms with Crippen molar-refractivity contribution >= 4 is 29.2 Å². The maximum absolute atomic E-state index is 12.0. The summed E-state index contributed by atoms with van der Waals surface area (Å²) in [6.07, 6.45) is 3.45. The molecule has 0 aromatic heterocycles. The number of aryl methyl sites for hydroxylation is 2. The SMILES string of the molecule is CN(C)C(=S)Oc1ccccc1CCCCc1cccc2c1C(=O)NC2=O. The van der Waals surface area contributed by atoms with Gasteiger partial charge in [0, 0.05) is 14.1 Å². The van der Waals surface area contributed by atoms with Gasteiger partial charge in [0.05, 0.1) is 11.1 Å². The molecule has 3 rings (SSSR count). The lowest BCUT2D eigenvalue weighted by molar-refractivity contribution is 0.0879. The zero-order chi connectivity index (χ0) is 19.4. The van der Waals surface area contributed by atoms with E-state index in [0.29, 0.717) is 16.3 Å². The fourth-order valence-corrected chi connectivity index (χ4v) is 3.21. The number of ether oxygens (including phenoxy) is 1. The maximum Gasteiger partial charge on any atom is 0.264 e. The van der Waals surface area contributed by atoms with Gasteiger partial charge in [0.2, 0.25) is 0 Å². The van der Waals surface area contributed by atoms with Gasteiger partial charge in [-0.2, -0.15) is 0 Å². The van der Waals surface area contributed by atoms with Gasteiger partial charge in [-0.25, -0.2) is 0 Å². The number of carbonyl (C=O) groups excluding carboxylic acids is 2. The molecule has 0 radical (unpaired) electrons. The van der Waals surface area contributed by atoms with Crippen molar-refractivity contribution in [2.45, 2.75) is 25.7 Å². The van der Waals surface area contributed by atoms with E-state index in [1.807, 2.05) is 50.5 Å². The standard InChI is InChI=1S/C21H22N2O3S/c1-23(2)21(27)26-17-13-6-5-9-14(17)8-3-4-10-15-11-7-12-16-18(15)20(25)22-19(16)24/h5-7,9,11-13H,3-4,8,10H2,1-2H3,(H,22,24,25). The molecule has 1 N–H and O–H groups in total. The molecule has 27 heavy (non-hydrogen) atoms. The van der Waals surface area contributed by atoms with Crippen molar-refractivity contribution in [2.24, 2.45) is 0 Å². The van der Waals surface area contributed by atoms with Gasteiger partial charge in [0.15, 0.2) is 0 Å². The van der Waals surface area contributed by atoms with Crippen molar-refractivity contribution in [3.05, 3.63) is 64.7 Å². The normalized spacial score (nSPS) is 12.5. The van der Waals surface area contributed by atoms with E-state index in [2.05, 4.69) is 5.32 Å². The van der Waals surface area contributed by atoms with Gasteiger partial charge in [0.25, 0.3) is 17.0 Å². The van der Waals surface area contributed by atoms with Gasteiger partial charge in [-0.3, -0.25) is 14.9 Å². The van der Waals surface area contributed by atoms with Crippen LogP contribution in [0.15, 0.2) is 42.5 Å². The lowest BCUT2D eigenvalue weighted by Crippen LogP contribution is -2.25. The first kappa shape index (κ1) is 19.0. The van der Waals surface area contributed by atoms with E-state index in [1.165, 1.54) is 0 Å². The number of amides is 2. The third kappa shape index (κ3) is 4.34. The summed E-state index contributed by atoms with van der Waals surface area (Å²) >= 11 is 5.22. The number of hydrogen-bond acceptors (Lipinski definition) is 4. The molecule has 5 nitrogen and oxygen atoms in total. The van der Waals surface area contributed by atoms with E-state index in [0.717, 1.165) is 42.6 Å². The summed E-state index contributed by atoms with van der Waals surface area (Å²) in [7, 11) is 3.70. The molecule has 0 aliphatic carbocycles. The Morgan fingerprint density at radius 2 is 1.63 bits per heavy atom. The molecule has 1 heterocycles. The van der Waals surface area contributed by atoms with Gasteiger partial charge in [-0.1, -0.05) is 30.3 Å². The Bertz CT molecular complexity index is 893. The van der Waals surface area contributed by atoms with E-state index >= 15 is 0 Å². The summed E-state index contributed by atoms with van der Waals surface area (Å²) in [5.41, 5.74) is 3.04. The van der Waals surface area contributed by atoms with Crippen LogP contribution >= 0.6 is 12.2 Å². The van der Waals surface area contributed by atoms with E-state index in [9.17, 15) is 9.59 Å². The van der Waals surface area contributed by atoms with E-state index < -0.39 is 0 Å². The second kappa shape index (κ2) is 8.31. The molecule has 0 saturated carbocycles. The Hall–Kier alpha value is -2.73. The van der Waals surface area contributed by atoms with Crippen LogP contribution in [0.3, 0.4) is 0 Å². The van der Waals surface area contributed by atoms with Crippen LogP contribution in [-0.2, 0) is 12.8 Å². The topological polar surface area (TPSA) is 58.6 Å². The smallest absolute Gasteiger partial charge is 0.264 e. The molecule has 0 saturated heterocycles. The second-order valence-electron chi connectivity index (χ2n) is 6.70. The minimum absolute atomic E-state index is 0.290. The molecule has 2 aromatic rings. The average molecular weight is 382 g/mol. The van der Waals surface area contributed by atoms with Crippen LogP contribution in [0, 0.1) is 0 Å². The molecule has 0 atom stereocenters. The number of carbonyl (C=O) groups is 2. The lowest BCUT2D eigenvalue weighted by atomic mass is 9.97. The molecule has 2 aromatic carbocycles. The highest BCUT2D eigenvalue weighted by molar-refractivity contribution is 7.80. The molecular formula is C21H22N2O3S. The zero-order valence-electron chi connectivity index (χ0n) is 15.5. The Balaban J connectivity index is 1.60. The lowest BCUT2D eigenvalue weighted by Gasteiger charge is -2.16. The number of thiocarbonyl (C=S) groups is 1. The first-order valence-corrected chi connectivity index (χ1v) is 9.33. The Labute approximate surface area is 164 Å². The number of nitrogens with zero attached hydrogens (tertiary/aromatic N) is 1. The molecule has 2 amide bonds. The molecule has 0 bridgehead atoms. The largest absolute Gasteiger partial charge is 0.432 e. The number of nitrogens with one attached hydrogen (secondary N) is 1. The molecule has 0 fully saturated rings. The summed E-state index contributed by atoms with van der Waals surface area (Å²) in [5.74, 6) is 0.183. The van der Waals surface area contributed by atoms with Crippen LogP contribution in [-0.4, -0.2) is 36.0 Å².